The number of nitrogens with one attached hydrogen (secondary N) is 1. The second kappa shape index (κ2) is 5.48. The van der Waals surface area contributed by atoms with Crippen LogP contribution in [0, 0.1) is 5.82 Å². The van der Waals surface area contributed by atoms with Crippen LogP contribution in [0.3, 0.4) is 0 Å². The van der Waals surface area contributed by atoms with Crippen LogP contribution < -0.4 is 11.1 Å². The molecule has 0 atom stereocenters. The number of hydrogen-bond acceptors (Lipinski definition) is 3. The Bertz CT molecular complexity index is 911. The smallest absolute Gasteiger partial charge is 0.408 e. The first-order chi connectivity index (χ1) is 10.5. The highest BCUT2D eigenvalue weighted by Crippen LogP contribution is 2.15. The van der Waals surface area contributed by atoms with Crippen LogP contribution in [0.5, 0.6) is 0 Å². The molecular formula is C16H13FN2O3. The quantitative estimate of drug-likeness (QED) is 0.808. The molecule has 3 aromatic rings. The highest BCUT2D eigenvalue weighted by atomic mass is 19.1. The van der Waals surface area contributed by atoms with E-state index < -0.39 is 11.6 Å². The topological polar surface area (TPSA) is 64.2 Å². The molecule has 0 saturated heterocycles. The highest BCUT2D eigenvalue weighted by molar-refractivity contribution is 5.92. The van der Waals surface area contributed by atoms with Gasteiger partial charge in [0.25, 0.3) is 0 Å². The van der Waals surface area contributed by atoms with Gasteiger partial charge in [-0.15, -0.1) is 0 Å². The van der Waals surface area contributed by atoms with E-state index >= 15 is 0 Å². The van der Waals surface area contributed by atoms with Gasteiger partial charge in [-0.25, -0.2) is 9.18 Å². The molecule has 1 heterocycles. The number of carbonyl (C=O) groups is 1. The molecular weight excluding hydrogens is 287 g/mol. The summed E-state index contributed by atoms with van der Waals surface area (Å²) in [6.07, 6.45) is 0.117. The third-order valence-corrected chi connectivity index (χ3v) is 3.33. The van der Waals surface area contributed by atoms with E-state index in [0.717, 1.165) is 5.56 Å². The molecule has 2 aromatic carbocycles. The molecule has 1 amide bonds. The molecule has 0 spiro atoms. The molecule has 1 N–H and O–H groups in total. The number of halogens is 1. The fourth-order valence-corrected chi connectivity index (χ4v) is 2.24. The number of hydrogen-bond donors (Lipinski definition) is 1. The lowest BCUT2D eigenvalue weighted by Crippen LogP contribution is -2.14. The van der Waals surface area contributed by atoms with Crippen LogP contribution in [0.15, 0.2) is 51.7 Å². The van der Waals surface area contributed by atoms with Gasteiger partial charge in [0.1, 0.15) is 5.82 Å². The number of anilines is 1. The van der Waals surface area contributed by atoms with E-state index in [1.54, 1.807) is 31.3 Å². The lowest BCUT2D eigenvalue weighted by Gasteiger charge is -2.05. The van der Waals surface area contributed by atoms with E-state index in [1.165, 1.54) is 22.8 Å². The van der Waals surface area contributed by atoms with E-state index in [9.17, 15) is 14.0 Å². The number of amides is 1. The second-order valence-corrected chi connectivity index (χ2v) is 4.96. The minimum absolute atomic E-state index is 0.117. The van der Waals surface area contributed by atoms with Crippen LogP contribution in [-0.2, 0) is 18.3 Å². The molecule has 0 bridgehead atoms. The number of benzene rings is 2. The van der Waals surface area contributed by atoms with Gasteiger partial charge in [-0.05, 0) is 35.9 Å². The van der Waals surface area contributed by atoms with Gasteiger partial charge in [0.15, 0.2) is 5.58 Å². The number of fused-ring (bicyclic) bond motifs is 1. The van der Waals surface area contributed by atoms with Crippen molar-refractivity contribution in [1.29, 1.82) is 0 Å². The van der Waals surface area contributed by atoms with Gasteiger partial charge in [0.05, 0.1) is 11.9 Å². The lowest BCUT2D eigenvalue weighted by molar-refractivity contribution is -0.115. The summed E-state index contributed by atoms with van der Waals surface area (Å²) in [5.74, 6) is -1.12. The summed E-state index contributed by atoms with van der Waals surface area (Å²) in [6.45, 7) is 0. The van der Waals surface area contributed by atoms with E-state index in [4.69, 9.17) is 4.42 Å². The minimum Gasteiger partial charge on any atom is -0.408 e. The predicted molar refractivity (Wildman–Crippen MR) is 80.2 cm³/mol. The largest absolute Gasteiger partial charge is 0.419 e. The summed E-state index contributed by atoms with van der Waals surface area (Å²) in [5.41, 5.74) is 2.24. The molecule has 0 fully saturated rings. The monoisotopic (exact) mass is 300 g/mol. The van der Waals surface area contributed by atoms with Gasteiger partial charge in [0, 0.05) is 12.7 Å². The van der Waals surface area contributed by atoms with E-state index in [1.807, 2.05) is 0 Å². The zero-order valence-electron chi connectivity index (χ0n) is 11.8. The van der Waals surface area contributed by atoms with Crippen LogP contribution >= 0.6 is 0 Å². The molecule has 0 saturated carbocycles. The van der Waals surface area contributed by atoms with Crippen molar-refractivity contribution < 1.29 is 13.6 Å². The van der Waals surface area contributed by atoms with Crippen LogP contribution in [0.1, 0.15) is 5.56 Å². The zero-order valence-corrected chi connectivity index (χ0v) is 11.8. The van der Waals surface area contributed by atoms with Crippen molar-refractivity contribution in [1.82, 2.24) is 4.57 Å². The maximum atomic E-state index is 13.1. The average Bonchev–Trinajstić information content (AvgIpc) is 2.74. The van der Waals surface area contributed by atoms with Crippen molar-refractivity contribution in [2.45, 2.75) is 6.42 Å². The molecule has 22 heavy (non-hydrogen) atoms. The molecule has 112 valence electrons. The van der Waals surface area contributed by atoms with Gasteiger partial charge < -0.3 is 9.73 Å². The third kappa shape index (κ3) is 2.76. The van der Waals surface area contributed by atoms with E-state index in [0.29, 0.717) is 16.8 Å². The number of aryl methyl sites for hydroxylation is 1. The second-order valence-electron chi connectivity index (χ2n) is 4.96. The Kier molecular flexibility index (Phi) is 3.50. The summed E-state index contributed by atoms with van der Waals surface area (Å²) in [4.78, 5) is 23.4. The van der Waals surface area contributed by atoms with E-state index in [-0.39, 0.29) is 12.3 Å². The maximum Gasteiger partial charge on any atom is 0.419 e. The summed E-state index contributed by atoms with van der Waals surface area (Å²) in [6, 6.07) is 10.8. The van der Waals surface area contributed by atoms with Gasteiger partial charge in [-0.2, -0.15) is 0 Å². The minimum atomic E-state index is -0.448. The molecule has 5 nitrogen and oxygen atoms in total. The molecule has 0 aliphatic rings. The number of aromatic nitrogens is 1. The van der Waals surface area contributed by atoms with Crippen molar-refractivity contribution >= 4 is 22.7 Å². The Labute approximate surface area is 125 Å². The number of oxazole rings is 1. The average molecular weight is 300 g/mol. The summed E-state index contributed by atoms with van der Waals surface area (Å²) in [5, 5.41) is 2.63. The summed E-state index contributed by atoms with van der Waals surface area (Å²) in [7, 11) is 1.60. The fraction of sp³-hybridized carbons (Fsp3) is 0.125. The molecule has 0 aliphatic heterocycles. The lowest BCUT2D eigenvalue weighted by atomic mass is 10.1. The molecule has 3 rings (SSSR count). The van der Waals surface area contributed by atoms with Crippen molar-refractivity contribution in [3.8, 4) is 0 Å². The third-order valence-electron chi connectivity index (χ3n) is 3.33. The summed E-state index contributed by atoms with van der Waals surface area (Å²) >= 11 is 0. The van der Waals surface area contributed by atoms with Crippen molar-refractivity contribution in [2.24, 2.45) is 7.05 Å². The van der Waals surface area contributed by atoms with Crippen LogP contribution in [0.4, 0.5) is 10.1 Å². The fourth-order valence-electron chi connectivity index (χ4n) is 2.24. The molecule has 0 aliphatic carbocycles. The molecule has 0 radical (unpaired) electrons. The molecule has 0 unspecified atom stereocenters. The SMILES string of the molecule is Cn1c(=O)oc2ccc(CC(=O)Nc3cccc(F)c3)cc21. The van der Waals surface area contributed by atoms with E-state index in [2.05, 4.69) is 5.32 Å². The Morgan fingerprint density at radius 3 is 2.86 bits per heavy atom. The standard InChI is InChI=1S/C16H13FN2O3/c1-19-13-7-10(5-6-14(13)22-16(19)21)8-15(20)18-12-4-2-3-11(17)9-12/h2-7,9H,8H2,1H3,(H,18,20). The van der Waals surface area contributed by atoms with Crippen molar-refractivity contribution in [2.75, 3.05) is 5.32 Å². The Hall–Kier alpha value is -2.89. The Morgan fingerprint density at radius 1 is 1.27 bits per heavy atom. The van der Waals surface area contributed by atoms with Crippen molar-refractivity contribution in [3.05, 3.63) is 64.4 Å². The Morgan fingerprint density at radius 2 is 2.09 bits per heavy atom. The number of nitrogens with zero attached hydrogens (tertiary/aromatic N) is 1. The van der Waals surface area contributed by atoms with Crippen LogP contribution in [-0.4, -0.2) is 10.5 Å². The maximum absolute atomic E-state index is 13.1. The first kappa shape index (κ1) is 14.1. The number of carbonyl (C=O) groups excluding carboxylic acids is 1. The highest BCUT2D eigenvalue weighted by Gasteiger charge is 2.09. The summed E-state index contributed by atoms with van der Waals surface area (Å²) < 4.78 is 19.5. The van der Waals surface area contributed by atoms with Gasteiger partial charge in [0.2, 0.25) is 5.91 Å². The normalized spacial score (nSPS) is 10.8. The van der Waals surface area contributed by atoms with Gasteiger partial charge >= 0.3 is 5.76 Å². The molecule has 6 heteroatoms. The predicted octanol–water partition coefficient (Wildman–Crippen LogP) is 2.45. The molecule has 1 aromatic heterocycles. The van der Waals surface area contributed by atoms with Gasteiger partial charge in [-0.1, -0.05) is 12.1 Å². The number of rotatable bonds is 3. The van der Waals surface area contributed by atoms with Crippen molar-refractivity contribution in [3.63, 3.8) is 0 Å². The first-order valence-electron chi connectivity index (χ1n) is 6.67. The van der Waals surface area contributed by atoms with Crippen LogP contribution in [0.25, 0.3) is 11.1 Å². The Balaban J connectivity index is 1.79. The van der Waals surface area contributed by atoms with Gasteiger partial charge in [-0.3, -0.25) is 9.36 Å². The first-order valence-corrected chi connectivity index (χ1v) is 6.67. The van der Waals surface area contributed by atoms with Crippen LogP contribution in [0.2, 0.25) is 0 Å². The zero-order chi connectivity index (χ0) is 15.7.